The largest absolute Gasteiger partial charge is 0.475 e. The van der Waals surface area contributed by atoms with Crippen molar-refractivity contribution in [1.29, 1.82) is 0 Å². The normalized spacial score (nSPS) is 11.7. The van der Waals surface area contributed by atoms with E-state index < -0.39 is 26.6 Å². The van der Waals surface area contributed by atoms with Crippen LogP contribution in [0, 0.1) is 11.6 Å². The molecule has 0 saturated heterocycles. The van der Waals surface area contributed by atoms with Crippen LogP contribution in [0.2, 0.25) is 0 Å². The average Bonchev–Trinajstić information content (AvgIpc) is 3.15. The molecule has 1 N–H and O–H groups in total. The molecule has 0 aliphatic rings. The van der Waals surface area contributed by atoms with Gasteiger partial charge in [-0.05, 0) is 30.3 Å². The zero-order chi connectivity index (χ0) is 21.1. The van der Waals surface area contributed by atoms with E-state index in [4.69, 9.17) is 4.74 Å². The van der Waals surface area contributed by atoms with Gasteiger partial charge in [0, 0.05) is 18.2 Å². The van der Waals surface area contributed by atoms with Crippen molar-refractivity contribution >= 4 is 15.7 Å². The Morgan fingerprint density at radius 2 is 1.83 bits per heavy atom. The van der Waals surface area contributed by atoms with Crippen molar-refractivity contribution < 1.29 is 21.9 Å². The van der Waals surface area contributed by atoms with Crippen molar-refractivity contribution in [3.8, 4) is 17.3 Å². The molecule has 154 valence electrons. The molecule has 0 atom stereocenters. The molecule has 4 aromatic rings. The van der Waals surface area contributed by atoms with Gasteiger partial charge >= 0.3 is 0 Å². The maximum absolute atomic E-state index is 13.7. The molecule has 11 heteroatoms. The Labute approximate surface area is 170 Å². The Kier molecular flexibility index (Phi) is 5.38. The highest BCUT2D eigenvalue weighted by Crippen LogP contribution is 2.20. The highest BCUT2D eigenvalue weighted by atomic mass is 32.2. The SMILES string of the molecule is O=S(=O)(NCCOc1ccc2nnc(-c3cccc(F)c3)n2n1)c1ccccc1F. The van der Waals surface area contributed by atoms with Crippen LogP contribution in [-0.2, 0) is 10.0 Å². The van der Waals surface area contributed by atoms with E-state index in [0.717, 1.165) is 6.07 Å². The lowest BCUT2D eigenvalue weighted by atomic mass is 10.2. The van der Waals surface area contributed by atoms with Crippen LogP contribution in [-0.4, -0.2) is 41.4 Å². The fourth-order valence-electron chi connectivity index (χ4n) is 2.73. The second-order valence-electron chi connectivity index (χ2n) is 6.15. The Bertz CT molecular complexity index is 1310. The summed E-state index contributed by atoms with van der Waals surface area (Å²) in [6.07, 6.45) is 0. The van der Waals surface area contributed by atoms with E-state index in [1.165, 1.54) is 34.8 Å². The fourth-order valence-corrected chi connectivity index (χ4v) is 3.82. The number of hydrogen-bond acceptors (Lipinski definition) is 6. The summed E-state index contributed by atoms with van der Waals surface area (Å²) >= 11 is 0. The molecule has 0 fully saturated rings. The minimum atomic E-state index is -4.00. The first-order chi connectivity index (χ1) is 14.4. The zero-order valence-corrected chi connectivity index (χ0v) is 16.2. The van der Waals surface area contributed by atoms with Crippen molar-refractivity contribution in [2.24, 2.45) is 0 Å². The van der Waals surface area contributed by atoms with Gasteiger partial charge in [-0.1, -0.05) is 24.3 Å². The van der Waals surface area contributed by atoms with Crippen molar-refractivity contribution in [2.45, 2.75) is 4.90 Å². The first kappa shape index (κ1) is 19.9. The lowest BCUT2D eigenvalue weighted by Crippen LogP contribution is -2.29. The number of benzene rings is 2. The number of fused-ring (bicyclic) bond motifs is 1. The molecule has 4 rings (SSSR count). The maximum Gasteiger partial charge on any atom is 0.243 e. The Hall–Kier alpha value is -3.44. The molecule has 2 heterocycles. The summed E-state index contributed by atoms with van der Waals surface area (Å²) < 4.78 is 60.6. The van der Waals surface area contributed by atoms with Gasteiger partial charge in [0.25, 0.3) is 0 Å². The molecule has 0 unspecified atom stereocenters. The van der Waals surface area contributed by atoms with E-state index in [0.29, 0.717) is 17.0 Å². The number of sulfonamides is 1. The second-order valence-corrected chi connectivity index (χ2v) is 7.89. The Morgan fingerprint density at radius 3 is 2.63 bits per heavy atom. The molecule has 0 amide bonds. The molecule has 0 radical (unpaired) electrons. The predicted octanol–water partition coefficient (Wildman–Crippen LogP) is 2.43. The number of rotatable bonds is 7. The summed E-state index contributed by atoms with van der Waals surface area (Å²) in [6.45, 7) is -0.154. The topological polar surface area (TPSA) is 98.5 Å². The smallest absolute Gasteiger partial charge is 0.243 e. The van der Waals surface area contributed by atoms with E-state index in [-0.39, 0.29) is 19.0 Å². The second kappa shape index (κ2) is 8.13. The number of nitrogens with zero attached hydrogens (tertiary/aromatic N) is 4. The van der Waals surface area contributed by atoms with Crippen LogP contribution < -0.4 is 9.46 Å². The van der Waals surface area contributed by atoms with Gasteiger partial charge < -0.3 is 4.74 Å². The average molecular weight is 431 g/mol. The summed E-state index contributed by atoms with van der Waals surface area (Å²) in [4.78, 5) is -0.436. The number of nitrogens with one attached hydrogen (secondary N) is 1. The zero-order valence-electron chi connectivity index (χ0n) is 15.4. The molecule has 0 aliphatic carbocycles. The van der Waals surface area contributed by atoms with Gasteiger partial charge in [-0.2, -0.15) is 4.52 Å². The molecule has 0 saturated carbocycles. The number of ether oxygens (including phenoxy) is 1. The van der Waals surface area contributed by atoms with Gasteiger partial charge in [0.05, 0.1) is 0 Å². The molecular weight excluding hydrogens is 416 g/mol. The third-order valence-corrected chi connectivity index (χ3v) is 5.59. The number of aromatic nitrogens is 4. The van der Waals surface area contributed by atoms with Crippen LogP contribution in [0.3, 0.4) is 0 Å². The maximum atomic E-state index is 13.7. The molecule has 8 nitrogen and oxygen atoms in total. The first-order valence-electron chi connectivity index (χ1n) is 8.79. The molecule has 0 aliphatic heterocycles. The van der Waals surface area contributed by atoms with E-state index in [1.54, 1.807) is 24.3 Å². The molecule has 0 bridgehead atoms. The van der Waals surface area contributed by atoms with Crippen LogP contribution in [0.1, 0.15) is 0 Å². The van der Waals surface area contributed by atoms with Crippen molar-refractivity contribution in [1.82, 2.24) is 24.5 Å². The summed E-state index contributed by atoms with van der Waals surface area (Å²) in [7, 11) is -4.00. The van der Waals surface area contributed by atoms with Gasteiger partial charge in [-0.3, -0.25) is 0 Å². The van der Waals surface area contributed by atoms with E-state index >= 15 is 0 Å². The van der Waals surface area contributed by atoms with Gasteiger partial charge in [0.2, 0.25) is 15.9 Å². The van der Waals surface area contributed by atoms with Gasteiger partial charge in [0.1, 0.15) is 23.1 Å². The summed E-state index contributed by atoms with van der Waals surface area (Å²) in [5, 5.41) is 12.3. The number of hydrogen-bond donors (Lipinski definition) is 1. The highest BCUT2D eigenvalue weighted by molar-refractivity contribution is 7.89. The van der Waals surface area contributed by atoms with Gasteiger partial charge in [-0.15, -0.1) is 15.3 Å². The van der Waals surface area contributed by atoms with Crippen LogP contribution in [0.4, 0.5) is 8.78 Å². The standard InChI is InChI=1S/C19H15F2N5O3S/c20-14-5-3-4-13(12-14)19-24-23-17-8-9-18(25-26(17)19)29-11-10-22-30(27,28)16-7-2-1-6-15(16)21/h1-9,12,22H,10-11H2. The number of halogens is 2. The van der Waals surface area contributed by atoms with Gasteiger partial charge in [0.15, 0.2) is 11.5 Å². The van der Waals surface area contributed by atoms with Crippen molar-refractivity contribution in [3.05, 3.63) is 72.3 Å². The minimum Gasteiger partial charge on any atom is -0.475 e. The minimum absolute atomic E-state index is 0.0520. The third-order valence-electron chi connectivity index (χ3n) is 4.09. The van der Waals surface area contributed by atoms with Crippen LogP contribution in [0.25, 0.3) is 17.0 Å². The van der Waals surface area contributed by atoms with Crippen LogP contribution in [0.15, 0.2) is 65.6 Å². The monoisotopic (exact) mass is 431 g/mol. The van der Waals surface area contributed by atoms with Crippen molar-refractivity contribution in [3.63, 3.8) is 0 Å². The van der Waals surface area contributed by atoms with Crippen LogP contribution in [0.5, 0.6) is 5.88 Å². The summed E-state index contributed by atoms with van der Waals surface area (Å²) in [6, 6.07) is 14.1. The lowest BCUT2D eigenvalue weighted by molar-refractivity contribution is 0.306. The van der Waals surface area contributed by atoms with Crippen LogP contribution >= 0.6 is 0 Å². The Balaban J connectivity index is 1.45. The molecule has 2 aromatic carbocycles. The third kappa shape index (κ3) is 4.11. The predicted molar refractivity (Wildman–Crippen MR) is 103 cm³/mol. The molecule has 0 spiro atoms. The molecule has 2 aromatic heterocycles. The fraction of sp³-hybridized carbons (Fsp3) is 0.105. The van der Waals surface area contributed by atoms with E-state index in [1.807, 2.05) is 0 Å². The Morgan fingerprint density at radius 1 is 1.00 bits per heavy atom. The van der Waals surface area contributed by atoms with Crippen molar-refractivity contribution in [2.75, 3.05) is 13.2 Å². The van der Waals surface area contributed by atoms with E-state index in [2.05, 4.69) is 20.0 Å². The first-order valence-corrected chi connectivity index (χ1v) is 10.3. The van der Waals surface area contributed by atoms with E-state index in [9.17, 15) is 17.2 Å². The molecular formula is C19H15F2N5O3S. The summed E-state index contributed by atoms with van der Waals surface area (Å²) in [5.74, 6) is -0.741. The highest BCUT2D eigenvalue weighted by Gasteiger charge is 2.18. The van der Waals surface area contributed by atoms with Gasteiger partial charge in [-0.25, -0.2) is 21.9 Å². The molecule has 30 heavy (non-hydrogen) atoms. The quantitative estimate of drug-likeness (QED) is 0.452. The summed E-state index contributed by atoms with van der Waals surface area (Å²) in [5.41, 5.74) is 0.923. The lowest BCUT2D eigenvalue weighted by Gasteiger charge is -2.09.